The number of nitrogens with zero attached hydrogens (tertiary/aromatic N) is 1. The van der Waals surface area contributed by atoms with Crippen LogP contribution < -0.4 is 9.64 Å². The molecule has 0 spiro atoms. The number of hydrogen-bond donors (Lipinski definition) is 0. The van der Waals surface area contributed by atoms with Crippen LogP contribution in [-0.4, -0.2) is 0 Å². The number of rotatable bonds is 4. The highest BCUT2D eigenvalue weighted by molar-refractivity contribution is 5.86. The Labute approximate surface area is 207 Å². The summed E-state index contributed by atoms with van der Waals surface area (Å²) in [6.07, 6.45) is 0. The molecule has 5 aromatic rings. The minimum absolute atomic E-state index is 0.863. The summed E-state index contributed by atoms with van der Waals surface area (Å²) >= 11 is 0. The molecule has 0 atom stereocenters. The molecule has 6 rings (SSSR count). The normalized spacial score (nSPS) is 12.1. The predicted octanol–water partition coefficient (Wildman–Crippen LogP) is 8.90. The summed E-state index contributed by atoms with van der Waals surface area (Å²) in [7, 11) is 0. The summed E-state index contributed by atoms with van der Waals surface area (Å²) in [6.45, 7) is 4.37. The van der Waals surface area contributed by atoms with Crippen LogP contribution in [0.2, 0.25) is 0 Å². The van der Waals surface area contributed by atoms with Crippen molar-refractivity contribution in [2.24, 2.45) is 0 Å². The Morgan fingerprint density at radius 1 is 0.514 bits per heavy atom. The van der Waals surface area contributed by atoms with Gasteiger partial charge in [0.2, 0.25) is 0 Å². The van der Waals surface area contributed by atoms with Crippen molar-refractivity contribution >= 4 is 17.1 Å². The van der Waals surface area contributed by atoms with Crippen molar-refractivity contribution in [3.63, 3.8) is 0 Å². The van der Waals surface area contributed by atoms with Gasteiger partial charge in [-0.25, -0.2) is 0 Å². The van der Waals surface area contributed by atoms with Gasteiger partial charge < -0.3 is 9.64 Å². The molecule has 1 radical (unpaired) electrons. The number of aryl methyl sites for hydroxylation is 2. The van der Waals surface area contributed by atoms with Crippen LogP contribution in [-0.2, 0) is 0 Å². The second-order valence-corrected chi connectivity index (χ2v) is 8.92. The molecule has 1 heterocycles. The third-order valence-electron chi connectivity index (χ3n) is 6.68. The molecular formula is C33H26NO. The van der Waals surface area contributed by atoms with E-state index < -0.39 is 0 Å². The first-order valence-electron chi connectivity index (χ1n) is 12.0. The lowest BCUT2D eigenvalue weighted by atomic mass is 9.81. The largest absolute Gasteiger partial charge is 0.453 e. The average molecular weight is 453 g/mol. The Kier molecular flexibility index (Phi) is 5.35. The highest BCUT2D eigenvalue weighted by Crippen LogP contribution is 2.50. The van der Waals surface area contributed by atoms with Crippen LogP contribution >= 0.6 is 0 Å². The molecule has 2 heteroatoms. The Balaban J connectivity index is 1.47. The molecule has 0 saturated heterocycles. The fraction of sp³-hybridized carbons (Fsp3) is 0.0606. The molecule has 1 aliphatic heterocycles. The van der Waals surface area contributed by atoms with E-state index in [4.69, 9.17) is 4.74 Å². The fourth-order valence-corrected chi connectivity index (χ4v) is 4.92. The molecule has 0 aliphatic carbocycles. The van der Waals surface area contributed by atoms with E-state index in [-0.39, 0.29) is 0 Å². The number of hydrogen-bond acceptors (Lipinski definition) is 2. The molecule has 0 bridgehead atoms. The third kappa shape index (κ3) is 3.77. The maximum Gasteiger partial charge on any atom is 0.151 e. The molecule has 0 amide bonds. The number of ether oxygens (including phenoxy) is 1. The van der Waals surface area contributed by atoms with Gasteiger partial charge >= 0.3 is 0 Å². The van der Waals surface area contributed by atoms with Gasteiger partial charge in [-0.1, -0.05) is 84.9 Å². The Bertz CT molecular complexity index is 1410. The van der Waals surface area contributed by atoms with Gasteiger partial charge in [0.1, 0.15) is 0 Å². The molecule has 0 saturated carbocycles. The van der Waals surface area contributed by atoms with Crippen molar-refractivity contribution < 1.29 is 4.74 Å². The van der Waals surface area contributed by atoms with E-state index >= 15 is 0 Å². The second-order valence-electron chi connectivity index (χ2n) is 8.92. The molecule has 169 valence electrons. The monoisotopic (exact) mass is 452 g/mol. The van der Waals surface area contributed by atoms with Gasteiger partial charge in [0, 0.05) is 5.69 Å². The molecule has 2 nitrogen and oxygen atoms in total. The minimum atomic E-state index is 0.863. The first kappa shape index (κ1) is 21.2. The second kappa shape index (κ2) is 8.81. The number of fused-ring (bicyclic) bond motifs is 2. The van der Waals surface area contributed by atoms with Crippen molar-refractivity contribution in [3.8, 4) is 11.5 Å². The van der Waals surface area contributed by atoms with Crippen molar-refractivity contribution in [1.82, 2.24) is 0 Å². The first-order valence-corrected chi connectivity index (χ1v) is 12.0. The van der Waals surface area contributed by atoms with Gasteiger partial charge in [0.05, 0.1) is 17.3 Å². The summed E-state index contributed by atoms with van der Waals surface area (Å²) < 4.78 is 6.19. The quantitative estimate of drug-likeness (QED) is 0.248. The van der Waals surface area contributed by atoms with Gasteiger partial charge in [-0.15, -0.1) is 0 Å². The van der Waals surface area contributed by atoms with E-state index in [1.54, 1.807) is 0 Å². The number of benzene rings is 5. The lowest BCUT2D eigenvalue weighted by Crippen LogP contribution is -2.16. The van der Waals surface area contributed by atoms with Crippen LogP contribution in [0.15, 0.2) is 121 Å². The molecule has 0 fully saturated rings. The lowest BCUT2D eigenvalue weighted by Gasteiger charge is -2.33. The summed E-state index contributed by atoms with van der Waals surface area (Å²) in [4.78, 5) is 2.28. The summed E-state index contributed by atoms with van der Waals surface area (Å²) in [6, 6.07) is 42.6. The van der Waals surface area contributed by atoms with Crippen molar-refractivity contribution in [2.75, 3.05) is 4.90 Å². The lowest BCUT2D eigenvalue weighted by molar-refractivity contribution is 0.477. The average Bonchev–Trinajstić information content (AvgIpc) is 2.90. The Morgan fingerprint density at radius 2 is 0.971 bits per heavy atom. The minimum Gasteiger partial charge on any atom is -0.453 e. The molecule has 0 N–H and O–H groups in total. The number of para-hydroxylation sites is 4. The van der Waals surface area contributed by atoms with E-state index in [1.165, 1.54) is 33.7 Å². The van der Waals surface area contributed by atoms with E-state index in [2.05, 4.69) is 116 Å². The number of anilines is 3. The van der Waals surface area contributed by atoms with E-state index in [1.807, 2.05) is 24.3 Å². The SMILES string of the molecule is Cc1ccccc1[C](c1ccc(N2c3ccccc3Oc3ccccc32)cc1)c1ccccc1C. The van der Waals surface area contributed by atoms with E-state index in [0.29, 0.717) is 0 Å². The Morgan fingerprint density at radius 3 is 1.49 bits per heavy atom. The van der Waals surface area contributed by atoms with Gasteiger partial charge in [0.15, 0.2) is 11.5 Å². The van der Waals surface area contributed by atoms with Crippen molar-refractivity contribution in [3.05, 3.63) is 155 Å². The van der Waals surface area contributed by atoms with Gasteiger partial charge in [-0.05, 0) is 78.1 Å². The van der Waals surface area contributed by atoms with Crippen LogP contribution in [0, 0.1) is 19.8 Å². The first-order chi connectivity index (χ1) is 17.2. The zero-order chi connectivity index (χ0) is 23.8. The maximum absolute atomic E-state index is 6.19. The van der Waals surface area contributed by atoms with Crippen LogP contribution in [0.4, 0.5) is 17.1 Å². The van der Waals surface area contributed by atoms with Crippen LogP contribution in [0.1, 0.15) is 27.8 Å². The third-order valence-corrected chi connectivity index (χ3v) is 6.68. The summed E-state index contributed by atoms with van der Waals surface area (Å²) in [5.41, 5.74) is 9.45. The smallest absolute Gasteiger partial charge is 0.151 e. The summed E-state index contributed by atoms with van der Waals surface area (Å²) in [5.74, 6) is 2.99. The molecular weight excluding hydrogens is 426 g/mol. The van der Waals surface area contributed by atoms with Gasteiger partial charge in [0.25, 0.3) is 0 Å². The van der Waals surface area contributed by atoms with Crippen LogP contribution in [0.5, 0.6) is 11.5 Å². The zero-order valence-electron chi connectivity index (χ0n) is 19.9. The molecule has 1 aliphatic rings. The van der Waals surface area contributed by atoms with Crippen molar-refractivity contribution in [2.45, 2.75) is 13.8 Å². The van der Waals surface area contributed by atoms with Gasteiger partial charge in [-0.3, -0.25) is 0 Å². The van der Waals surface area contributed by atoms with Crippen LogP contribution in [0.25, 0.3) is 0 Å². The standard InChI is InChI=1S/C33H26NO/c1-23-11-3-5-13-27(23)33(28-14-6-4-12-24(28)2)25-19-21-26(22-20-25)34-29-15-7-9-17-31(29)35-32-18-10-8-16-30(32)34/h3-22H,1-2H3. The zero-order valence-corrected chi connectivity index (χ0v) is 19.9. The van der Waals surface area contributed by atoms with E-state index in [9.17, 15) is 0 Å². The topological polar surface area (TPSA) is 12.5 Å². The van der Waals surface area contributed by atoms with Crippen LogP contribution in [0.3, 0.4) is 0 Å². The molecule has 0 unspecified atom stereocenters. The van der Waals surface area contributed by atoms with Crippen molar-refractivity contribution in [1.29, 1.82) is 0 Å². The molecule has 5 aromatic carbocycles. The maximum atomic E-state index is 6.19. The highest BCUT2D eigenvalue weighted by Gasteiger charge is 2.26. The Hall–Kier alpha value is -4.30. The molecule has 0 aromatic heterocycles. The highest BCUT2D eigenvalue weighted by atomic mass is 16.5. The van der Waals surface area contributed by atoms with E-state index in [0.717, 1.165) is 28.6 Å². The summed E-state index contributed by atoms with van der Waals surface area (Å²) in [5, 5.41) is 0. The predicted molar refractivity (Wildman–Crippen MR) is 144 cm³/mol. The van der Waals surface area contributed by atoms with Gasteiger partial charge in [-0.2, -0.15) is 0 Å². The molecule has 35 heavy (non-hydrogen) atoms. The fourth-order valence-electron chi connectivity index (χ4n) is 4.92.